The Morgan fingerprint density at radius 1 is 1.56 bits per heavy atom. The molecule has 2 unspecified atom stereocenters. The van der Waals surface area contributed by atoms with Gasteiger partial charge < -0.3 is 10.1 Å². The molecule has 0 saturated carbocycles. The van der Waals surface area contributed by atoms with Crippen LogP contribution in [0.25, 0.3) is 0 Å². The summed E-state index contributed by atoms with van der Waals surface area (Å²) in [4.78, 5) is 0. The van der Waals surface area contributed by atoms with Crippen LogP contribution in [0.3, 0.4) is 0 Å². The second kappa shape index (κ2) is 2.48. The summed E-state index contributed by atoms with van der Waals surface area (Å²) in [5, 5.41) is 3.34. The highest BCUT2D eigenvalue weighted by Crippen LogP contribution is 2.26. The van der Waals surface area contributed by atoms with Crippen LogP contribution in [-0.4, -0.2) is 30.4 Å². The zero-order valence-corrected chi connectivity index (χ0v) is 6.12. The quantitative estimate of drug-likeness (QED) is 0.578. The first-order valence-electron chi connectivity index (χ1n) is 3.43. The van der Waals surface area contributed by atoms with Gasteiger partial charge in [-0.05, 0) is 13.0 Å². The predicted molar refractivity (Wildman–Crippen MR) is 38.6 cm³/mol. The Morgan fingerprint density at radius 3 is 2.89 bits per heavy atom. The van der Waals surface area contributed by atoms with Gasteiger partial charge in [-0.25, -0.2) is 0 Å². The van der Waals surface area contributed by atoms with Gasteiger partial charge >= 0.3 is 0 Å². The second-order valence-electron chi connectivity index (χ2n) is 2.46. The van der Waals surface area contributed by atoms with E-state index in [-0.39, 0.29) is 0 Å². The van der Waals surface area contributed by atoms with Crippen LogP contribution in [0.1, 0.15) is 6.42 Å². The van der Waals surface area contributed by atoms with E-state index >= 15 is 0 Å². The number of rotatable bonds is 1. The van der Waals surface area contributed by atoms with Gasteiger partial charge in [-0.1, -0.05) is 0 Å². The zero-order chi connectivity index (χ0) is 6.10. The molecule has 0 aromatic heterocycles. The van der Waals surface area contributed by atoms with E-state index in [2.05, 4.69) is 5.32 Å². The highest BCUT2D eigenvalue weighted by molar-refractivity contribution is 8.00. The van der Waals surface area contributed by atoms with Crippen molar-refractivity contribution < 1.29 is 4.74 Å². The van der Waals surface area contributed by atoms with Gasteiger partial charge in [0.1, 0.15) is 5.44 Å². The van der Waals surface area contributed by atoms with Crippen molar-refractivity contribution in [1.29, 1.82) is 0 Å². The Morgan fingerprint density at radius 2 is 2.44 bits per heavy atom. The third-order valence-electron chi connectivity index (χ3n) is 1.84. The van der Waals surface area contributed by atoms with Gasteiger partial charge in [0.2, 0.25) is 0 Å². The topological polar surface area (TPSA) is 21.3 Å². The minimum atomic E-state index is 0.471. The standard InChI is InChI=1S/C6H11NOS/c1-2-7-5(1)6-8-3-4-9-6/h5-7H,1-4H2. The highest BCUT2D eigenvalue weighted by atomic mass is 32.2. The number of hydrogen-bond acceptors (Lipinski definition) is 3. The van der Waals surface area contributed by atoms with Gasteiger partial charge in [0.15, 0.2) is 0 Å². The van der Waals surface area contributed by atoms with Crippen molar-refractivity contribution in [2.24, 2.45) is 0 Å². The molecule has 2 rings (SSSR count). The molecule has 0 aromatic carbocycles. The van der Waals surface area contributed by atoms with Gasteiger partial charge in [0, 0.05) is 11.8 Å². The lowest BCUT2D eigenvalue weighted by Crippen LogP contribution is -2.49. The molecule has 2 aliphatic rings. The van der Waals surface area contributed by atoms with Gasteiger partial charge in [0.05, 0.1) is 6.61 Å². The van der Waals surface area contributed by atoms with Crippen molar-refractivity contribution in [3.05, 3.63) is 0 Å². The number of thioether (sulfide) groups is 1. The Hall–Kier alpha value is 0.270. The average Bonchev–Trinajstić information content (AvgIpc) is 2.11. The van der Waals surface area contributed by atoms with E-state index in [9.17, 15) is 0 Å². The predicted octanol–water partition coefficient (Wildman–Crippen LogP) is 0.438. The lowest BCUT2D eigenvalue weighted by atomic mass is 10.1. The third-order valence-corrected chi connectivity index (χ3v) is 3.03. The minimum absolute atomic E-state index is 0.471. The van der Waals surface area contributed by atoms with E-state index in [1.807, 2.05) is 11.8 Å². The van der Waals surface area contributed by atoms with E-state index in [0.29, 0.717) is 11.5 Å². The van der Waals surface area contributed by atoms with Crippen molar-refractivity contribution in [3.8, 4) is 0 Å². The molecule has 52 valence electrons. The molecule has 3 heteroatoms. The van der Waals surface area contributed by atoms with Crippen LogP contribution in [0.2, 0.25) is 0 Å². The van der Waals surface area contributed by atoms with Gasteiger partial charge in [0.25, 0.3) is 0 Å². The molecular formula is C6H11NOS. The van der Waals surface area contributed by atoms with Crippen LogP contribution in [0, 0.1) is 0 Å². The molecule has 0 radical (unpaired) electrons. The fraction of sp³-hybridized carbons (Fsp3) is 1.00. The smallest absolute Gasteiger partial charge is 0.118 e. The Bertz CT molecular complexity index is 99.2. The van der Waals surface area contributed by atoms with Crippen LogP contribution in [0.4, 0.5) is 0 Å². The summed E-state index contributed by atoms with van der Waals surface area (Å²) in [6.45, 7) is 2.14. The molecule has 0 bridgehead atoms. The van der Waals surface area contributed by atoms with Crippen LogP contribution >= 0.6 is 11.8 Å². The lowest BCUT2D eigenvalue weighted by Gasteiger charge is -2.31. The Kier molecular flexibility index (Phi) is 1.66. The summed E-state index contributed by atoms with van der Waals surface area (Å²) >= 11 is 1.94. The van der Waals surface area contributed by atoms with E-state index in [1.54, 1.807) is 0 Å². The van der Waals surface area contributed by atoms with Crippen LogP contribution in [0.5, 0.6) is 0 Å². The van der Waals surface area contributed by atoms with Gasteiger partial charge in [-0.15, -0.1) is 11.8 Å². The van der Waals surface area contributed by atoms with E-state index < -0.39 is 0 Å². The van der Waals surface area contributed by atoms with Crippen molar-refractivity contribution in [2.45, 2.75) is 17.9 Å². The monoisotopic (exact) mass is 145 g/mol. The molecule has 9 heavy (non-hydrogen) atoms. The summed E-state index contributed by atoms with van der Waals surface area (Å²) in [5.41, 5.74) is 0.471. The van der Waals surface area contributed by atoms with Crippen molar-refractivity contribution in [3.63, 3.8) is 0 Å². The molecule has 2 aliphatic heterocycles. The summed E-state index contributed by atoms with van der Waals surface area (Å²) in [6.07, 6.45) is 1.30. The molecule has 0 amide bonds. The number of ether oxygens (including phenoxy) is 1. The lowest BCUT2D eigenvalue weighted by molar-refractivity contribution is 0.0916. The van der Waals surface area contributed by atoms with E-state index in [1.165, 1.54) is 18.7 Å². The first-order chi connectivity index (χ1) is 4.47. The zero-order valence-electron chi connectivity index (χ0n) is 5.30. The molecule has 2 saturated heterocycles. The van der Waals surface area contributed by atoms with E-state index in [0.717, 1.165) is 6.61 Å². The summed E-state index contributed by atoms with van der Waals surface area (Å²) in [6, 6.07) is 0.664. The fourth-order valence-electron chi connectivity index (χ4n) is 1.15. The fourth-order valence-corrected chi connectivity index (χ4v) is 2.23. The Labute approximate surface area is 59.3 Å². The SMILES string of the molecule is C1CC(C2OCCS2)N1. The normalized spacial score (nSPS) is 42.7. The molecule has 0 spiro atoms. The van der Waals surface area contributed by atoms with Crippen LogP contribution in [-0.2, 0) is 4.74 Å². The van der Waals surface area contributed by atoms with Gasteiger partial charge in [-0.2, -0.15) is 0 Å². The molecule has 0 aliphatic carbocycles. The molecule has 2 atom stereocenters. The molecule has 2 nitrogen and oxygen atoms in total. The van der Waals surface area contributed by atoms with Crippen molar-refractivity contribution >= 4 is 11.8 Å². The van der Waals surface area contributed by atoms with E-state index in [4.69, 9.17) is 4.74 Å². The van der Waals surface area contributed by atoms with Gasteiger partial charge in [-0.3, -0.25) is 0 Å². The highest BCUT2D eigenvalue weighted by Gasteiger charge is 2.30. The Balaban J connectivity index is 1.82. The third kappa shape index (κ3) is 1.09. The number of hydrogen-bond donors (Lipinski definition) is 1. The maximum Gasteiger partial charge on any atom is 0.118 e. The molecule has 2 fully saturated rings. The maximum absolute atomic E-state index is 5.46. The average molecular weight is 145 g/mol. The molecular weight excluding hydrogens is 134 g/mol. The van der Waals surface area contributed by atoms with Crippen molar-refractivity contribution in [2.75, 3.05) is 18.9 Å². The number of nitrogens with one attached hydrogen (secondary N) is 1. The summed E-state index contributed by atoms with van der Waals surface area (Å²) in [5.74, 6) is 1.18. The first-order valence-corrected chi connectivity index (χ1v) is 4.48. The second-order valence-corrected chi connectivity index (χ2v) is 3.67. The molecule has 2 heterocycles. The molecule has 1 N–H and O–H groups in total. The van der Waals surface area contributed by atoms with Crippen molar-refractivity contribution in [1.82, 2.24) is 5.32 Å². The summed E-state index contributed by atoms with van der Waals surface area (Å²) < 4.78 is 5.46. The molecule has 0 aromatic rings. The van der Waals surface area contributed by atoms with Crippen LogP contribution < -0.4 is 5.32 Å². The minimum Gasteiger partial charge on any atom is -0.365 e. The summed E-state index contributed by atoms with van der Waals surface area (Å²) in [7, 11) is 0. The first kappa shape index (κ1) is 6.01. The maximum atomic E-state index is 5.46. The van der Waals surface area contributed by atoms with Crippen LogP contribution in [0.15, 0.2) is 0 Å². The largest absolute Gasteiger partial charge is 0.365 e.